The lowest BCUT2D eigenvalue weighted by Gasteiger charge is -2.29. The molecule has 2 aromatic rings. The Morgan fingerprint density at radius 3 is 3.15 bits per heavy atom. The van der Waals surface area contributed by atoms with E-state index < -0.39 is 0 Å². The molecule has 8 heteroatoms. The minimum Gasteiger partial charge on any atom is -0.376 e. The van der Waals surface area contributed by atoms with E-state index in [2.05, 4.69) is 21.6 Å². The van der Waals surface area contributed by atoms with Gasteiger partial charge in [0.25, 0.3) is 0 Å². The third kappa shape index (κ3) is 4.19. The molecule has 2 aliphatic heterocycles. The number of thioether (sulfide) groups is 1. The molecule has 0 saturated carbocycles. The summed E-state index contributed by atoms with van der Waals surface area (Å²) in [6.07, 6.45) is 4.56. The van der Waals surface area contributed by atoms with Gasteiger partial charge in [-0.25, -0.2) is 0 Å². The molecule has 1 N–H and O–H groups in total. The minimum absolute atomic E-state index is 0.131. The number of hydrogen-bond donors (Lipinski definition) is 1. The van der Waals surface area contributed by atoms with E-state index >= 15 is 0 Å². The second-order valence-corrected chi connectivity index (χ2v) is 8.66. The lowest BCUT2D eigenvalue weighted by atomic mass is 10.0. The number of carbonyl (C=O) groups excluding carboxylic acids is 1. The van der Waals surface area contributed by atoms with Crippen molar-refractivity contribution in [2.24, 2.45) is 0 Å². The van der Waals surface area contributed by atoms with Crippen molar-refractivity contribution in [2.45, 2.75) is 36.1 Å². The van der Waals surface area contributed by atoms with Crippen molar-refractivity contribution in [2.75, 3.05) is 35.7 Å². The summed E-state index contributed by atoms with van der Waals surface area (Å²) in [7, 11) is 0. The second-order valence-electron chi connectivity index (χ2n) is 6.46. The molecule has 1 fully saturated rings. The Morgan fingerprint density at radius 1 is 1.35 bits per heavy atom. The first-order chi connectivity index (χ1) is 12.8. The lowest BCUT2D eigenvalue weighted by Crippen LogP contribution is -2.36. The van der Waals surface area contributed by atoms with E-state index in [0.29, 0.717) is 5.75 Å². The number of amides is 1. The van der Waals surface area contributed by atoms with Gasteiger partial charge in [-0.15, -0.1) is 10.2 Å². The Bertz CT molecular complexity index is 761. The quantitative estimate of drug-likeness (QED) is 0.764. The van der Waals surface area contributed by atoms with Crippen LogP contribution in [-0.2, 0) is 16.0 Å². The van der Waals surface area contributed by atoms with E-state index in [0.717, 1.165) is 60.5 Å². The van der Waals surface area contributed by atoms with Crippen molar-refractivity contribution in [1.29, 1.82) is 0 Å². The summed E-state index contributed by atoms with van der Waals surface area (Å²) in [5.74, 6) is 0.514. The Morgan fingerprint density at radius 2 is 2.27 bits per heavy atom. The highest BCUT2D eigenvalue weighted by Gasteiger charge is 2.22. The van der Waals surface area contributed by atoms with Crippen molar-refractivity contribution in [3.8, 4) is 0 Å². The summed E-state index contributed by atoms with van der Waals surface area (Å²) in [6, 6.07) is 8.18. The van der Waals surface area contributed by atoms with Gasteiger partial charge in [-0.3, -0.25) is 4.79 Å². The number of aromatic nitrogens is 2. The fourth-order valence-electron chi connectivity index (χ4n) is 3.34. The maximum Gasteiger partial charge on any atom is 0.237 e. The zero-order valence-electron chi connectivity index (χ0n) is 14.5. The molecular formula is C18H22N4O2S2. The number of carbonyl (C=O) groups is 1. The van der Waals surface area contributed by atoms with Crippen molar-refractivity contribution >= 4 is 39.8 Å². The smallest absolute Gasteiger partial charge is 0.237 e. The molecule has 2 aliphatic rings. The largest absolute Gasteiger partial charge is 0.376 e. The number of anilines is 2. The van der Waals surface area contributed by atoms with Crippen LogP contribution in [0.25, 0.3) is 0 Å². The number of ether oxygens (including phenoxy) is 1. The molecule has 1 aromatic heterocycles. The maximum atomic E-state index is 12.7. The van der Waals surface area contributed by atoms with Gasteiger partial charge in [0, 0.05) is 25.4 Å². The third-order valence-electron chi connectivity index (χ3n) is 4.64. The molecule has 1 aromatic carbocycles. The summed E-state index contributed by atoms with van der Waals surface area (Å²) in [5, 5.41) is 12.4. The first kappa shape index (κ1) is 17.8. The van der Waals surface area contributed by atoms with E-state index in [1.807, 2.05) is 23.1 Å². The molecule has 0 aliphatic carbocycles. The van der Waals surface area contributed by atoms with Crippen LogP contribution in [0.1, 0.15) is 24.8 Å². The van der Waals surface area contributed by atoms with E-state index in [1.54, 1.807) is 0 Å². The van der Waals surface area contributed by atoms with Gasteiger partial charge in [-0.1, -0.05) is 41.3 Å². The molecule has 6 nitrogen and oxygen atoms in total. The Kier molecular flexibility index (Phi) is 5.72. The Hall–Kier alpha value is -1.64. The highest BCUT2D eigenvalue weighted by Crippen LogP contribution is 2.30. The molecule has 3 heterocycles. The predicted molar refractivity (Wildman–Crippen MR) is 105 cm³/mol. The summed E-state index contributed by atoms with van der Waals surface area (Å²) < 4.78 is 6.41. The molecule has 4 rings (SSSR count). The first-order valence-electron chi connectivity index (χ1n) is 8.99. The van der Waals surface area contributed by atoms with Gasteiger partial charge in [0.2, 0.25) is 11.0 Å². The molecule has 1 atom stereocenters. The number of nitrogens with zero attached hydrogens (tertiary/aromatic N) is 3. The number of nitrogens with one attached hydrogen (secondary N) is 1. The predicted octanol–water partition coefficient (Wildman–Crippen LogP) is 3.20. The summed E-state index contributed by atoms with van der Waals surface area (Å²) in [5.41, 5.74) is 2.31. The highest BCUT2D eigenvalue weighted by molar-refractivity contribution is 8.01. The van der Waals surface area contributed by atoms with Crippen molar-refractivity contribution in [3.63, 3.8) is 0 Å². The molecule has 0 bridgehead atoms. The average Bonchev–Trinajstić information content (AvgIpc) is 3.35. The van der Waals surface area contributed by atoms with Crippen LogP contribution in [-0.4, -0.2) is 47.7 Å². The molecule has 0 radical (unpaired) electrons. The first-order valence-corrected chi connectivity index (χ1v) is 10.8. The van der Waals surface area contributed by atoms with Crippen molar-refractivity contribution < 1.29 is 9.53 Å². The van der Waals surface area contributed by atoms with Crippen LogP contribution in [0.5, 0.6) is 0 Å². The number of rotatable bonds is 6. The summed E-state index contributed by atoms with van der Waals surface area (Å²) >= 11 is 2.95. The summed E-state index contributed by atoms with van der Waals surface area (Å²) in [6.45, 7) is 2.41. The van der Waals surface area contributed by atoms with Crippen LogP contribution in [0.4, 0.5) is 10.8 Å². The minimum atomic E-state index is 0.131. The number of aryl methyl sites for hydroxylation is 1. The monoisotopic (exact) mass is 390 g/mol. The van der Waals surface area contributed by atoms with E-state index in [1.165, 1.54) is 28.7 Å². The maximum absolute atomic E-state index is 12.7. The van der Waals surface area contributed by atoms with Crippen LogP contribution in [0.3, 0.4) is 0 Å². The van der Waals surface area contributed by atoms with Crippen molar-refractivity contribution in [1.82, 2.24) is 10.2 Å². The molecule has 1 amide bonds. The van der Waals surface area contributed by atoms with Gasteiger partial charge in [-0.2, -0.15) is 0 Å². The number of benzene rings is 1. The van der Waals surface area contributed by atoms with Crippen LogP contribution in [0.2, 0.25) is 0 Å². The van der Waals surface area contributed by atoms with Gasteiger partial charge in [0.05, 0.1) is 11.9 Å². The van der Waals surface area contributed by atoms with Crippen LogP contribution in [0.15, 0.2) is 28.6 Å². The van der Waals surface area contributed by atoms with E-state index in [4.69, 9.17) is 4.74 Å². The highest BCUT2D eigenvalue weighted by atomic mass is 32.2. The number of para-hydroxylation sites is 1. The van der Waals surface area contributed by atoms with Gasteiger partial charge >= 0.3 is 0 Å². The zero-order chi connectivity index (χ0) is 17.8. The van der Waals surface area contributed by atoms with Gasteiger partial charge in [0.1, 0.15) is 0 Å². The van der Waals surface area contributed by atoms with Crippen LogP contribution < -0.4 is 10.2 Å². The SMILES string of the molecule is O=C(CSc1nnc(NC[C@@H]2CCCO2)s1)N1CCCc2ccccc21. The fourth-order valence-corrected chi connectivity index (χ4v) is 4.97. The van der Waals surface area contributed by atoms with Crippen LogP contribution in [0, 0.1) is 0 Å². The summed E-state index contributed by atoms with van der Waals surface area (Å²) in [4.78, 5) is 14.6. The Balaban J connectivity index is 1.30. The van der Waals surface area contributed by atoms with Crippen molar-refractivity contribution in [3.05, 3.63) is 29.8 Å². The average molecular weight is 391 g/mol. The van der Waals surface area contributed by atoms with Crippen LogP contribution >= 0.6 is 23.1 Å². The molecular weight excluding hydrogens is 368 g/mol. The number of hydrogen-bond acceptors (Lipinski definition) is 7. The van der Waals surface area contributed by atoms with E-state index in [-0.39, 0.29) is 12.0 Å². The molecule has 1 saturated heterocycles. The second kappa shape index (κ2) is 8.37. The zero-order valence-corrected chi connectivity index (χ0v) is 16.2. The topological polar surface area (TPSA) is 67.3 Å². The van der Waals surface area contributed by atoms with Gasteiger partial charge < -0.3 is 15.0 Å². The number of fused-ring (bicyclic) bond motifs is 1. The normalized spacial score (nSPS) is 19.4. The Labute approximate surface area is 161 Å². The molecule has 0 unspecified atom stereocenters. The van der Waals surface area contributed by atoms with E-state index in [9.17, 15) is 4.79 Å². The molecule has 138 valence electrons. The van der Waals surface area contributed by atoms with Gasteiger partial charge in [0.15, 0.2) is 4.34 Å². The fraction of sp³-hybridized carbons (Fsp3) is 0.500. The molecule has 0 spiro atoms. The standard InChI is InChI=1S/C18H22N4O2S2/c23-16(22-9-3-6-13-5-1-2-8-15(13)22)12-25-18-21-20-17(26-18)19-11-14-7-4-10-24-14/h1-2,5,8,14H,3-4,6-7,9-12H2,(H,19,20)/t14-/m0/s1. The lowest BCUT2D eigenvalue weighted by molar-refractivity contribution is -0.116. The van der Waals surface area contributed by atoms with Gasteiger partial charge in [-0.05, 0) is 37.3 Å². The third-order valence-corrected chi connectivity index (χ3v) is 6.64. The molecule has 26 heavy (non-hydrogen) atoms.